The van der Waals surface area contributed by atoms with Crippen LogP contribution in [0.5, 0.6) is 0 Å². The van der Waals surface area contributed by atoms with Crippen LogP contribution in [0.2, 0.25) is 0 Å². The van der Waals surface area contributed by atoms with Gasteiger partial charge in [-0.1, -0.05) is 33.8 Å². The Kier molecular flexibility index (Phi) is 10.8. The summed E-state index contributed by atoms with van der Waals surface area (Å²) < 4.78 is 1.37. The molecule has 4 heteroatoms. The summed E-state index contributed by atoms with van der Waals surface area (Å²) >= 11 is 3.63. The van der Waals surface area contributed by atoms with Gasteiger partial charge < -0.3 is 0 Å². The van der Waals surface area contributed by atoms with Crippen molar-refractivity contribution in [2.75, 3.05) is 12.5 Å². The summed E-state index contributed by atoms with van der Waals surface area (Å²) in [4.78, 5) is 0. The lowest BCUT2D eigenvalue weighted by Gasteiger charge is -2.20. The van der Waals surface area contributed by atoms with Crippen molar-refractivity contribution < 1.29 is 0 Å². The molecule has 0 bridgehead atoms. The summed E-state index contributed by atoms with van der Waals surface area (Å²) in [5.74, 6) is 0. The molecular weight excluding hydrogens is 284 g/mol. The van der Waals surface area contributed by atoms with Gasteiger partial charge in [-0.25, -0.2) is 0 Å². The smallest absolute Gasteiger partial charge is 0.0701 e. The molecule has 0 amide bonds. The summed E-state index contributed by atoms with van der Waals surface area (Å²) in [6.45, 7) is 10.1. The molecule has 1 aliphatic rings. The quantitative estimate of drug-likeness (QED) is 0.754. The van der Waals surface area contributed by atoms with Crippen LogP contribution in [0.3, 0.4) is 0 Å². The first-order valence-electron chi connectivity index (χ1n) is 7.32. The maximum Gasteiger partial charge on any atom is 0.0701 e. The van der Waals surface area contributed by atoms with Crippen molar-refractivity contribution in [1.29, 1.82) is 0 Å². The van der Waals surface area contributed by atoms with E-state index in [1.54, 1.807) is 0 Å². The highest BCUT2D eigenvalue weighted by molar-refractivity contribution is 8.21. The molecular formula is C16H28N2S2. The molecule has 1 aromatic heterocycles. The van der Waals surface area contributed by atoms with E-state index in [4.69, 9.17) is 0 Å². The van der Waals surface area contributed by atoms with Crippen LogP contribution in [-0.2, 0) is 6.42 Å². The zero-order chi connectivity index (χ0) is 15.5. The van der Waals surface area contributed by atoms with Crippen molar-refractivity contribution in [2.45, 2.75) is 47.5 Å². The van der Waals surface area contributed by atoms with E-state index in [1.165, 1.54) is 26.6 Å². The molecule has 1 aliphatic carbocycles. The molecule has 2 rings (SSSR count). The third-order valence-electron chi connectivity index (χ3n) is 2.88. The summed E-state index contributed by atoms with van der Waals surface area (Å²) in [5, 5.41) is 7.31. The third-order valence-corrected chi connectivity index (χ3v) is 5.03. The first-order valence-corrected chi connectivity index (χ1v) is 9.77. The number of nitrogens with one attached hydrogen (secondary N) is 1. The van der Waals surface area contributed by atoms with Gasteiger partial charge in [-0.2, -0.15) is 5.10 Å². The highest BCUT2D eigenvalue weighted by Gasteiger charge is 2.22. The molecule has 1 aromatic rings. The van der Waals surface area contributed by atoms with Crippen molar-refractivity contribution in [3.63, 3.8) is 0 Å². The molecule has 1 heterocycles. The van der Waals surface area contributed by atoms with Crippen LogP contribution >= 0.6 is 23.5 Å². The molecule has 0 fully saturated rings. The van der Waals surface area contributed by atoms with Gasteiger partial charge in [-0.15, -0.1) is 23.5 Å². The van der Waals surface area contributed by atoms with Crippen molar-refractivity contribution >= 4 is 29.1 Å². The number of nitrogens with zero attached hydrogens (tertiary/aromatic N) is 1. The largest absolute Gasteiger partial charge is 0.277 e. The van der Waals surface area contributed by atoms with E-state index in [0.29, 0.717) is 0 Å². The van der Waals surface area contributed by atoms with Crippen LogP contribution in [-0.4, -0.2) is 22.7 Å². The molecule has 0 atom stereocenters. The third kappa shape index (κ3) is 4.45. The van der Waals surface area contributed by atoms with Crippen molar-refractivity contribution in [2.24, 2.45) is 0 Å². The first kappa shape index (κ1) is 19.4. The fourth-order valence-electron chi connectivity index (χ4n) is 2.08. The Morgan fingerprint density at radius 3 is 2.25 bits per heavy atom. The fraction of sp³-hybridized carbons (Fsp3) is 0.562. The average molecular weight is 313 g/mol. The Morgan fingerprint density at radius 2 is 1.75 bits per heavy atom. The lowest BCUT2D eigenvalue weighted by Crippen LogP contribution is -2.04. The summed E-state index contributed by atoms with van der Waals surface area (Å²) in [7, 11) is 0. The predicted octanol–water partition coefficient (Wildman–Crippen LogP) is 5.75. The van der Waals surface area contributed by atoms with Gasteiger partial charge in [0.2, 0.25) is 0 Å². The van der Waals surface area contributed by atoms with E-state index in [-0.39, 0.29) is 0 Å². The second-order valence-electron chi connectivity index (χ2n) is 3.65. The van der Waals surface area contributed by atoms with Crippen LogP contribution in [0.15, 0.2) is 22.1 Å². The highest BCUT2D eigenvalue weighted by Crippen LogP contribution is 2.42. The second-order valence-corrected chi connectivity index (χ2v) is 5.55. The minimum Gasteiger partial charge on any atom is -0.277 e. The molecule has 20 heavy (non-hydrogen) atoms. The van der Waals surface area contributed by atoms with Gasteiger partial charge in [0, 0.05) is 9.81 Å². The van der Waals surface area contributed by atoms with Crippen LogP contribution < -0.4 is 0 Å². The van der Waals surface area contributed by atoms with Gasteiger partial charge >= 0.3 is 0 Å². The van der Waals surface area contributed by atoms with Crippen LogP contribution in [0, 0.1) is 0 Å². The Bertz CT molecular complexity index is 439. The van der Waals surface area contributed by atoms with Crippen molar-refractivity contribution in [3.05, 3.63) is 33.3 Å². The number of fused-ring (bicyclic) bond motifs is 1. The predicted molar refractivity (Wildman–Crippen MR) is 97.3 cm³/mol. The number of H-pyrrole nitrogens is 1. The molecule has 0 saturated carbocycles. The normalized spacial score (nSPS) is 14.8. The Hall–Kier alpha value is -0.610. The lowest BCUT2D eigenvalue weighted by molar-refractivity contribution is 0.933. The van der Waals surface area contributed by atoms with Gasteiger partial charge in [0.05, 0.1) is 11.9 Å². The summed E-state index contributed by atoms with van der Waals surface area (Å²) in [6, 6.07) is 0. The van der Waals surface area contributed by atoms with Gasteiger partial charge in [-0.05, 0) is 43.4 Å². The molecule has 2 nitrogen and oxygen atoms in total. The second kappa shape index (κ2) is 11.1. The zero-order valence-corrected chi connectivity index (χ0v) is 15.5. The van der Waals surface area contributed by atoms with Crippen molar-refractivity contribution in [1.82, 2.24) is 10.2 Å². The maximum atomic E-state index is 4.17. The number of allylic oxidation sites excluding steroid dienone is 3. The topological polar surface area (TPSA) is 28.7 Å². The van der Waals surface area contributed by atoms with E-state index in [2.05, 4.69) is 35.7 Å². The molecule has 0 radical (unpaired) electrons. The number of hydrogen-bond donors (Lipinski definition) is 1. The number of rotatable bonds is 2. The summed E-state index contributed by atoms with van der Waals surface area (Å²) in [6.07, 6.45) is 10.7. The van der Waals surface area contributed by atoms with E-state index >= 15 is 0 Å². The molecule has 0 spiro atoms. The minimum atomic E-state index is 1.10. The van der Waals surface area contributed by atoms with E-state index in [1.807, 2.05) is 57.4 Å². The Balaban J connectivity index is 0.000000829. The standard InChI is InChI=1S/C12H16N2S2.2C2H6/c1-4-8-5-6-9-7-13-14-11(9)10(8)12(15-2)16-3;2*1-2/h4,7H,5-6H2,1-3H3,(H,13,14);2*1-2H3/b8-4+;;. The van der Waals surface area contributed by atoms with Crippen LogP contribution in [0.25, 0.3) is 5.57 Å². The monoisotopic (exact) mass is 312 g/mol. The number of aromatic amines is 1. The van der Waals surface area contributed by atoms with Gasteiger partial charge in [0.15, 0.2) is 0 Å². The number of aromatic nitrogens is 2. The number of thioether (sulfide) groups is 2. The van der Waals surface area contributed by atoms with Gasteiger partial charge in [0.1, 0.15) is 0 Å². The van der Waals surface area contributed by atoms with Crippen LogP contribution in [0.1, 0.15) is 52.3 Å². The minimum absolute atomic E-state index is 1.10. The maximum absolute atomic E-state index is 4.17. The van der Waals surface area contributed by atoms with Gasteiger partial charge in [-0.3, -0.25) is 5.10 Å². The van der Waals surface area contributed by atoms with Crippen molar-refractivity contribution in [3.8, 4) is 0 Å². The van der Waals surface area contributed by atoms with E-state index in [9.17, 15) is 0 Å². The SMILES string of the molecule is C/C=C1\CCc2cn[nH]c2C1=C(SC)SC.CC.CC. The zero-order valence-electron chi connectivity index (χ0n) is 13.8. The van der Waals surface area contributed by atoms with E-state index in [0.717, 1.165) is 12.8 Å². The Labute approximate surface area is 132 Å². The summed E-state index contributed by atoms with van der Waals surface area (Å²) in [5.41, 5.74) is 5.37. The van der Waals surface area contributed by atoms with E-state index < -0.39 is 0 Å². The highest BCUT2D eigenvalue weighted by atomic mass is 32.2. The van der Waals surface area contributed by atoms with Crippen LogP contribution in [0.4, 0.5) is 0 Å². The van der Waals surface area contributed by atoms with Gasteiger partial charge in [0.25, 0.3) is 0 Å². The molecule has 0 unspecified atom stereocenters. The lowest BCUT2D eigenvalue weighted by atomic mass is 9.89. The number of aryl methyl sites for hydroxylation is 1. The first-order chi connectivity index (χ1) is 9.81. The molecule has 114 valence electrons. The Morgan fingerprint density at radius 1 is 1.15 bits per heavy atom. The fourth-order valence-corrected chi connectivity index (χ4v) is 3.62. The molecule has 1 N–H and O–H groups in total. The average Bonchev–Trinajstić information content (AvgIpc) is 3.01. The molecule has 0 aliphatic heterocycles. The molecule has 0 aromatic carbocycles. The molecule has 0 saturated heterocycles. The number of hydrogen-bond acceptors (Lipinski definition) is 3.